The van der Waals surface area contributed by atoms with E-state index in [2.05, 4.69) is 53.8 Å². The summed E-state index contributed by atoms with van der Waals surface area (Å²) in [5.41, 5.74) is 0.112. The highest BCUT2D eigenvalue weighted by molar-refractivity contribution is 5.76. The van der Waals surface area contributed by atoms with Crippen molar-refractivity contribution in [3.8, 4) is 0 Å². The lowest BCUT2D eigenvalue weighted by molar-refractivity contribution is -0.124. The van der Waals surface area contributed by atoms with Crippen molar-refractivity contribution in [2.75, 3.05) is 19.8 Å². The number of rotatable bonds is 10. The molecule has 0 aliphatic rings. The van der Waals surface area contributed by atoms with Crippen LogP contribution in [0.25, 0.3) is 0 Å². The van der Waals surface area contributed by atoms with Gasteiger partial charge < -0.3 is 10.1 Å². The van der Waals surface area contributed by atoms with E-state index in [4.69, 9.17) is 4.74 Å². The van der Waals surface area contributed by atoms with Crippen LogP contribution in [0.1, 0.15) is 67.7 Å². The van der Waals surface area contributed by atoms with Gasteiger partial charge in [-0.1, -0.05) is 48.5 Å². The third-order valence-corrected chi connectivity index (χ3v) is 3.63. The second-order valence-corrected chi connectivity index (χ2v) is 7.88. The number of carbonyl (C=O) groups is 1. The summed E-state index contributed by atoms with van der Waals surface area (Å²) in [4.78, 5) is 11.9. The molecule has 120 valence electrons. The standard InChI is InChI=1S/C17H35NO2/c1-8-16(4,5)12-20-13-17(6,7)11-15(19)18-10-9-14(2)3/h14H,8-13H2,1-7H3,(H,18,19). The molecule has 1 amide bonds. The molecule has 0 aliphatic heterocycles. The maximum Gasteiger partial charge on any atom is 0.220 e. The number of hydrogen-bond acceptors (Lipinski definition) is 2. The molecule has 0 aromatic rings. The highest BCUT2D eigenvalue weighted by Gasteiger charge is 2.24. The first-order valence-corrected chi connectivity index (χ1v) is 7.92. The Bertz CT molecular complexity index is 283. The molecule has 0 fully saturated rings. The molecular formula is C17H35NO2. The maximum atomic E-state index is 11.9. The molecule has 0 bridgehead atoms. The smallest absolute Gasteiger partial charge is 0.220 e. The monoisotopic (exact) mass is 285 g/mol. The number of ether oxygens (including phenoxy) is 1. The van der Waals surface area contributed by atoms with Crippen molar-refractivity contribution in [1.82, 2.24) is 5.32 Å². The molecule has 0 saturated heterocycles. The van der Waals surface area contributed by atoms with Gasteiger partial charge >= 0.3 is 0 Å². The van der Waals surface area contributed by atoms with Gasteiger partial charge in [0.25, 0.3) is 0 Å². The molecule has 0 spiro atoms. The van der Waals surface area contributed by atoms with E-state index < -0.39 is 0 Å². The molecule has 0 aromatic carbocycles. The van der Waals surface area contributed by atoms with Crippen LogP contribution in [0.3, 0.4) is 0 Å². The number of nitrogens with one attached hydrogen (secondary N) is 1. The van der Waals surface area contributed by atoms with E-state index in [1.807, 2.05) is 0 Å². The molecule has 0 atom stereocenters. The van der Waals surface area contributed by atoms with E-state index in [0.29, 0.717) is 18.9 Å². The van der Waals surface area contributed by atoms with Crippen LogP contribution in [-0.2, 0) is 9.53 Å². The molecule has 0 heterocycles. The number of amides is 1. The normalized spacial score (nSPS) is 12.8. The first-order chi connectivity index (χ1) is 9.08. The Hall–Kier alpha value is -0.570. The van der Waals surface area contributed by atoms with Gasteiger partial charge in [-0.2, -0.15) is 0 Å². The van der Waals surface area contributed by atoms with Crippen molar-refractivity contribution in [2.24, 2.45) is 16.7 Å². The topological polar surface area (TPSA) is 38.3 Å². The molecule has 0 rings (SSSR count). The fraction of sp³-hybridized carbons (Fsp3) is 0.941. The van der Waals surface area contributed by atoms with Gasteiger partial charge in [-0.05, 0) is 29.6 Å². The fourth-order valence-corrected chi connectivity index (χ4v) is 1.75. The number of carbonyl (C=O) groups excluding carboxylic acids is 1. The van der Waals surface area contributed by atoms with Gasteiger partial charge in [-0.25, -0.2) is 0 Å². The fourth-order valence-electron chi connectivity index (χ4n) is 1.75. The summed E-state index contributed by atoms with van der Waals surface area (Å²) in [5, 5.41) is 2.99. The molecule has 0 saturated carbocycles. The van der Waals surface area contributed by atoms with Gasteiger partial charge in [0, 0.05) is 13.0 Å². The molecule has 1 N–H and O–H groups in total. The Balaban J connectivity index is 3.96. The van der Waals surface area contributed by atoms with Crippen molar-refractivity contribution >= 4 is 5.91 Å². The second kappa shape index (κ2) is 8.66. The van der Waals surface area contributed by atoms with Crippen LogP contribution in [0.15, 0.2) is 0 Å². The van der Waals surface area contributed by atoms with Crippen LogP contribution in [0.2, 0.25) is 0 Å². The Morgan fingerprint density at radius 1 is 1.10 bits per heavy atom. The van der Waals surface area contributed by atoms with Crippen molar-refractivity contribution < 1.29 is 9.53 Å². The second-order valence-electron chi connectivity index (χ2n) is 7.88. The highest BCUT2D eigenvalue weighted by atomic mass is 16.5. The minimum absolute atomic E-state index is 0.105. The average molecular weight is 285 g/mol. The third kappa shape index (κ3) is 10.2. The number of hydrogen-bond donors (Lipinski definition) is 1. The molecule has 0 radical (unpaired) electrons. The first kappa shape index (κ1) is 19.4. The van der Waals surface area contributed by atoms with Crippen molar-refractivity contribution in [3.05, 3.63) is 0 Å². The molecule has 0 aliphatic carbocycles. The van der Waals surface area contributed by atoms with Crippen LogP contribution in [0, 0.1) is 16.7 Å². The van der Waals surface area contributed by atoms with Crippen LogP contribution in [-0.4, -0.2) is 25.7 Å². The molecule has 3 heteroatoms. The Labute approximate surface area is 125 Å². The predicted molar refractivity (Wildman–Crippen MR) is 85.8 cm³/mol. The van der Waals surface area contributed by atoms with Gasteiger partial charge in [0.1, 0.15) is 0 Å². The largest absolute Gasteiger partial charge is 0.380 e. The van der Waals surface area contributed by atoms with Crippen molar-refractivity contribution in [1.29, 1.82) is 0 Å². The van der Waals surface area contributed by atoms with E-state index in [1.165, 1.54) is 0 Å². The molecule has 0 aromatic heterocycles. The van der Waals surface area contributed by atoms with Crippen LogP contribution >= 0.6 is 0 Å². The summed E-state index contributed by atoms with van der Waals surface area (Å²) in [6, 6.07) is 0. The van der Waals surface area contributed by atoms with E-state index in [-0.39, 0.29) is 16.7 Å². The zero-order valence-corrected chi connectivity index (χ0v) is 14.6. The Morgan fingerprint density at radius 2 is 1.65 bits per heavy atom. The zero-order chi connectivity index (χ0) is 15.8. The van der Waals surface area contributed by atoms with Gasteiger partial charge in [-0.15, -0.1) is 0 Å². The van der Waals surface area contributed by atoms with Gasteiger partial charge in [0.15, 0.2) is 0 Å². The Kier molecular flexibility index (Phi) is 8.41. The summed E-state index contributed by atoms with van der Waals surface area (Å²) in [5.74, 6) is 0.761. The molecule has 3 nitrogen and oxygen atoms in total. The summed E-state index contributed by atoms with van der Waals surface area (Å²) < 4.78 is 5.82. The maximum absolute atomic E-state index is 11.9. The first-order valence-electron chi connectivity index (χ1n) is 7.92. The van der Waals surface area contributed by atoms with E-state index in [1.54, 1.807) is 0 Å². The lowest BCUT2D eigenvalue weighted by Crippen LogP contribution is -2.33. The summed E-state index contributed by atoms with van der Waals surface area (Å²) in [6.07, 6.45) is 2.66. The highest BCUT2D eigenvalue weighted by Crippen LogP contribution is 2.24. The Morgan fingerprint density at radius 3 is 2.15 bits per heavy atom. The van der Waals surface area contributed by atoms with Crippen molar-refractivity contribution in [3.63, 3.8) is 0 Å². The SMILES string of the molecule is CCC(C)(C)COCC(C)(C)CC(=O)NCCC(C)C. The van der Waals surface area contributed by atoms with Gasteiger partial charge in [0.2, 0.25) is 5.91 Å². The predicted octanol–water partition coefficient (Wildman–Crippen LogP) is 4.02. The minimum Gasteiger partial charge on any atom is -0.380 e. The third-order valence-electron chi connectivity index (χ3n) is 3.63. The van der Waals surface area contributed by atoms with E-state index in [9.17, 15) is 4.79 Å². The quantitative estimate of drug-likeness (QED) is 0.658. The minimum atomic E-state index is -0.105. The molecule has 20 heavy (non-hydrogen) atoms. The lowest BCUT2D eigenvalue weighted by Gasteiger charge is -2.28. The van der Waals surface area contributed by atoms with Crippen LogP contribution in [0.5, 0.6) is 0 Å². The van der Waals surface area contributed by atoms with Crippen LogP contribution in [0.4, 0.5) is 0 Å². The van der Waals surface area contributed by atoms with E-state index in [0.717, 1.165) is 26.0 Å². The average Bonchev–Trinajstić information content (AvgIpc) is 2.27. The van der Waals surface area contributed by atoms with Crippen molar-refractivity contribution in [2.45, 2.75) is 67.7 Å². The van der Waals surface area contributed by atoms with Crippen LogP contribution < -0.4 is 5.32 Å². The lowest BCUT2D eigenvalue weighted by atomic mass is 9.89. The zero-order valence-electron chi connectivity index (χ0n) is 14.6. The summed E-state index contributed by atoms with van der Waals surface area (Å²) in [6.45, 7) is 17.3. The van der Waals surface area contributed by atoms with E-state index >= 15 is 0 Å². The van der Waals surface area contributed by atoms with Gasteiger partial charge in [0.05, 0.1) is 13.2 Å². The summed E-state index contributed by atoms with van der Waals surface area (Å²) in [7, 11) is 0. The summed E-state index contributed by atoms with van der Waals surface area (Å²) >= 11 is 0. The van der Waals surface area contributed by atoms with Gasteiger partial charge in [-0.3, -0.25) is 4.79 Å². The molecule has 0 unspecified atom stereocenters. The molecular weight excluding hydrogens is 250 g/mol.